The Morgan fingerprint density at radius 1 is 1.29 bits per heavy atom. The number of benzene rings is 1. The van der Waals surface area contributed by atoms with Crippen LogP contribution in [0.5, 0.6) is 0 Å². The van der Waals surface area contributed by atoms with Crippen LogP contribution >= 0.6 is 0 Å². The van der Waals surface area contributed by atoms with E-state index < -0.39 is 0 Å². The summed E-state index contributed by atoms with van der Waals surface area (Å²) in [7, 11) is 0. The van der Waals surface area contributed by atoms with Crippen molar-refractivity contribution in [3.63, 3.8) is 0 Å². The lowest BCUT2D eigenvalue weighted by atomic mass is 10.1. The standard InChI is InChI=1S/C13H15N3O/c1-2-6-10(7-3-1)12-15-13(17-16-12)11-8-4-5-9-14-11/h1-3,6-7,11,14H,4-5,8-9H2/i/hD. The van der Waals surface area contributed by atoms with Gasteiger partial charge in [-0.15, -0.1) is 0 Å². The van der Waals surface area contributed by atoms with Crippen molar-refractivity contribution >= 4 is 0 Å². The zero-order chi connectivity index (χ0) is 12.4. The minimum Gasteiger partial charge on any atom is -0.337 e. The molecular weight excluding hydrogens is 214 g/mol. The topological polar surface area (TPSA) is 51.0 Å². The normalized spacial score (nSPS) is 22.4. The first kappa shape index (κ1) is 9.36. The van der Waals surface area contributed by atoms with E-state index in [9.17, 15) is 0 Å². The highest BCUT2D eigenvalue weighted by Crippen LogP contribution is 2.23. The molecule has 1 fully saturated rings. The first-order chi connectivity index (χ1) is 8.84. The highest BCUT2D eigenvalue weighted by atomic mass is 16.5. The molecule has 88 valence electrons. The van der Waals surface area contributed by atoms with Crippen LogP contribution in [-0.2, 0) is 0 Å². The monoisotopic (exact) mass is 230 g/mol. The fraction of sp³-hybridized carbons (Fsp3) is 0.385. The number of hydrogen-bond acceptors (Lipinski definition) is 4. The van der Waals surface area contributed by atoms with Crippen LogP contribution in [0.25, 0.3) is 11.4 Å². The third-order valence-electron chi connectivity index (χ3n) is 2.99. The SMILES string of the molecule is [2H]N1CCCCC1c1nc(-c2ccccc2)no1. The van der Waals surface area contributed by atoms with Gasteiger partial charge in [0, 0.05) is 5.56 Å². The van der Waals surface area contributed by atoms with E-state index in [-0.39, 0.29) is 6.04 Å². The molecular formula is C13H15N3O. The summed E-state index contributed by atoms with van der Waals surface area (Å²) in [6.07, 6.45) is 3.10. The molecule has 4 nitrogen and oxygen atoms in total. The Labute approximate surface area is 102 Å². The average molecular weight is 230 g/mol. The molecule has 0 spiro atoms. The van der Waals surface area contributed by atoms with E-state index in [2.05, 4.69) is 10.1 Å². The molecule has 1 aliphatic rings. The molecule has 1 saturated heterocycles. The average Bonchev–Trinajstić information content (AvgIpc) is 2.90. The van der Waals surface area contributed by atoms with Crippen LogP contribution in [0.2, 0.25) is 1.41 Å². The van der Waals surface area contributed by atoms with Gasteiger partial charge in [0.25, 0.3) is 0 Å². The van der Waals surface area contributed by atoms with Crippen molar-refractivity contribution in [2.24, 2.45) is 0 Å². The number of hydrogen-bond donors (Lipinski definition) is 1. The van der Waals surface area contributed by atoms with Gasteiger partial charge in [-0.05, 0) is 19.4 Å². The molecule has 1 aliphatic heterocycles. The van der Waals surface area contributed by atoms with Crippen molar-refractivity contribution in [3.05, 3.63) is 36.2 Å². The minimum atomic E-state index is -0.0521. The number of nitrogens with zero attached hydrogens (tertiary/aromatic N) is 2. The second-order valence-electron chi connectivity index (χ2n) is 4.24. The summed E-state index contributed by atoms with van der Waals surface area (Å²) < 4.78 is 13.2. The Kier molecular flexibility index (Phi) is 2.57. The van der Waals surface area contributed by atoms with E-state index in [4.69, 9.17) is 5.93 Å². The van der Waals surface area contributed by atoms with Gasteiger partial charge < -0.3 is 9.83 Å². The molecule has 3 rings (SSSR count). The quantitative estimate of drug-likeness (QED) is 0.861. The number of rotatable bonds is 2. The molecule has 0 radical (unpaired) electrons. The summed E-state index contributed by atoms with van der Waals surface area (Å²) in [5.41, 5.74) is 0.944. The van der Waals surface area contributed by atoms with Crippen LogP contribution in [0.1, 0.15) is 31.2 Å². The minimum absolute atomic E-state index is 0.0521. The Bertz CT molecular complexity index is 514. The summed E-state index contributed by atoms with van der Waals surface area (Å²) >= 11 is 0. The van der Waals surface area contributed by atoms with Gasteiger partial charge in [-0.3, -0.25) is 0 Å². The summed E-state index contributed by atoms with van der Waals surface area (Å²) in [5, 5.41) is 5.55. The van der Waals surface area contributed by atoms with Gasteiger partial charge in [-0.2, -0.15) is 4.98 Å². The maximum atomic E-state index is 7.89. The van der Waals surface area contributed by atoms with E-state index in [1.807, 2.05) is 30.3 Å². The van der Waals surface area contributed by atoms with Crippen molar-refractivity contribution in [1.82, 2.24) is 15.5 Å². The predicted molar refractivity (Wildman–Crippen MR) is 64.3 cm³/mol. The third kappa shape index (κ3) is 2.22. The lowest BCUT2D eigenvalue weighted by molar-refractivity contribution is 0.297. The highest BCUT2D eigenvalue weighted by Gasteiger charge is 2.21. The molecule has 0 aliphatic carbocycles. The smallest absolute Gasteiger partial charge is 0.244 e. The van der Waals surface area contributed by atoms with Crippen molar-refractivity contribution in [1.29, 1.82) is 0 Å². The molecule has 1 aromatic carbocycles. The summed E-state index contributed by atoms with van der Waals surface area (Å²) in [4.78, 5) is 4.42. The molecule has 2 aromatic rings. The Hall–Kier alpha value is -1.68. The van der Waals surface area contributed by atoms with Gasteiger partial charge >= 0.3 is 0 Å². The van der Waals surface area contributed by atoms with Crippen molar-refractivity contribution in [3.8, 4) is 11.4 Å². The van der Waals surface area contributed by atoms with E-state index >= 15 is 0 Å². The van der Waals surface area contributed by atoms with Crippen LogP contribution in [0.3, 0.4) is 0 Å². The maximum Gasteiger partial charge on any atom is 0.244 e. The molecule has 17 heavy (non-hydrogen) atoms. The number of nitrogens with one attached hydrogen (secondary N) is 1. The molecule has 2 heterocycles. The van der Waals surface area contributed by atoms with Gasteiger partial charge in [-0.1, -0.05) is 41.9 Å². The van der Waals surface area contributed by atoms with Gasteiger partial charge in [-0.25, -0.2) is 0 Å². The lowest BCUT2D eigenvalue weighted by Gasteiger charge is -2.19. The van der Waals surface area contributed by atoms with Crippen LogP contribution in [0.15, 0.2) is 34.9 Å². The molecule has 0 amide bonds. The fourth-order valence-corrected chi connectivity index (χ4v) is 2.06. The Morgan fingerprint density at radius 3 is 3.00 bits per heavy atom. The van der Waals surface area contributed by atoms with E-state index in [1.54, 1.807) is 5.31 Å². The van der Waals surface area contributed by atoms with Crippen molar-refractivity contribution < 1.29 is 5.93 Å². The van der Waals surface area contributed by atoms with Crippen LogP contribution in [-0.4, -0.2) is 16.7 Å². The van der Waals surface area contributed by atoms with Gasteiger partial charge in [0.15, 0.2) is 0 Å². The van der Waals surface area contributed by atoms with Crippen molar-refractivity contribution in [2.45, 2.75) is 25.3 Å². The molecule has 1 atom stereocenters. The Balaban J connectivity index is 1.85. The molecule has 0 bridgehead atoms. The third-order valence-corrected chi connectivity index (χ3v) is 2.99. The zero-order valence-corrected chi connectivity index (χ0v) is 9.54. The summed E-state index contributed by atoms with van der Waals surface area (Å²) in [6, 6.07) is 9.70. The largest absolute Gasteiger partial charge is 0.337 e. The summed E-state index contributed by atoms with van der Waals surface area (Å²) in [5.74, 6) is 1.16. The first-order valence-corrected chi connectivity index (χ1v) is 5.99. The number of aromatic nitrogens is 2. The maximum absolute atomic E-state index is 7.89. The summed E-state index contributed by atoms with van der Waals surface area (Å²) in [6.45, 7) is 0.772. The van der Waals surface area contributed by atoms with Crippen molar-refractivity contribution in [2.75, 3.05) is 6.54 Å². The molecule has 1 unspecified atom stereocenters. The van der Waals surface area contributed by atoms with Gasteiger partial charge in [0.1, 0.15) is 1.41 Å². The van der Waals surface area contributed by atoms with Gasteiger partial charge in [0.05, 0.1) is 6.04 Å². The second kappa shape index (κ2) is 4.67. The molecule has 4 heteroatoms. The second-order valence-corrected chi connectivity index (χ2v) is 4.24. The van der Waals surface area contributed by atoms with E-state index in [1.165, 1.54) is 0 Å². The van der Waals surface area contributed by atoms with E-state index in [0.717, 1.165) is 31.4 Å². The number of piperidine rings is 1. The highest BCUT2D eigenvalue weighted by molar-refractivity contribution is 5.53. The van der Waals surface area contributed by atoms with E-state index in [0.29, 0.717) is 11.7 Å². The first-order valence-electron chi connectivity index (χ1n) is 6.44. The van der Waals surface area contributed by atoms with Crippen LogP contribution in [0, 0.1) is 0 Å². The predicted octanol–water partition coefficient (Wildman–Crippen LogP) is 2.55. The fourth-order valence-electron chi connectivity index (χ4n) is 2.06. The molecule has 1 aromatic heterocycles. The van der Waals surface area contributed by atoms with Gasteiger partial charge in [0.2, 0.25) is 11.7 Å². The van der Waals surface area contributed by atoms with Crippen LogP contribution < -0.4 is 5.31 Å². The van der Waals surface area contributed by atoms with Crippen LogP contribution in [0.4, 0.5) is 0 Å². The molecule has 0 saturated carbocycles. The lowest BCUT2D eigenvalue weighted by Crippen LogP contribution is -2.26. The zero-order valence-electron chi connectivity index (χ0n) is 10.5. The molecule has 1 N–H and O–H groups in total. The Morgan fingerprint density at radius 2 is 2.18 bits per heavy atom.